The van der Waals surface area contributed by atoms with Gasteiger partial charge in [-0.3, -0.25) is 4.90 Å². The summed E-state index contributed by atoms with van der Waals surface area (Å²) in [6.45, 7) is 9.00. The minimum absolute atomic E-state index is 0.0157. The highest BCUT2D eigenvalue weighted by molar-refractivity contribution is 5.76. The van der Waals surface area contributed by atoms with Crippen LogP contribution >= 0.6 is 0 Å². The van der Waals surface area contributed by atoms with Gasteiger partial charge in [0.15, 0.2) is 0 Å². The predicted molar refractivity (Wildman–Crippen MR) is 97.5 cm³/mol. The monoisotopic (exact) mass is 338 g/mol. The van der Waals surface area contributed by atoms with Gasteiger partial charge < -0.3 is 4.90 Å². The maximum atomic E-state index is 12.6. The van der Waals surface area contributed by atoms with Crippen molar-refractivity contribution in [2.75, 3.05) is 26.2 Å². The number of hydrogen-bond acceptors (Lipinski definition) is 3. The van der Waals surface area contributed by atoms with E-state index >= 15 is 0 Å². The van der Waals surface area contributed by atoms with Gasteiger partial charge in [0.25, 0.3) is 0 Å². The van der Waals surface area contributed by atoms with Gasteiger partial charge in [0.1, 0.15) is 0 Å². The molecule has 0 saturated carbocycles. The number of carbonyl (C=O) groups is 1. The first-order chi connectivity index (χ1) is 12.0. The Morgan fingerprint density at radius 3 is 2.56 bits per heavy atom. The second-order valence-corrected chi connectivity index (χ2v) is 7.86. The molecule has 2 aromatic rings. The molecule has 5 nitrogen and oxygen atoms in total. The molecule has 2 saturated heterocycles. The highest BCUT2D eigenvalue weighted by Crippen LogP contribution is 2.40. The molecule has 0 radical (unpaired) electrons. The summed E-state index contributed by atoms with van der Waals surface area (Å²) >= 11 is 0. The average molecular weight is 338 g/mol. The lowest BCUT2D eigenvalue weighted by molar-refractivity contribution is 0.196. The third-order valence-electron chi connectivity index (χ3n) is 5.66. The van der Waals surface area contributed by atoms with E-state index in [-0.39, 0.29) is 11.4 Å². The Balaban J connectivity index is 1.38. The Morgan fingerprint density at radius 1 is 1.08 bits per heavy atom. The quantitative estimate of drug-likeness (QED) is 0.845. The van der Waals surface area contributed by atoms with Gasteiger partial charge in [-0.1, -0.05) is 29.8 Å². The first-order valence-electron chi connectivity index (χ1n) is 9.12. The van der Waals surface area contributed by atoms with E-state index in [1.54, 1.807) is 6.20 Å². The number of aromatic nitrogens is 2. The van der Waals surface area contributed by atoms with Gasteiger partial charge in [-0.05, 0) is 44.4 Å². The molecule has 1 spiro atoms. The second-order valence-electron chi connectivity index (χ2n) is 7.86. The Bertz CT molecular complexity index is 766. The lowest BCUT2D eigenvalue weighted by atomic mass is 9.86. The van der Waals surface area contributed by atoms with Crippen molar-refractivity contribution in [2.45, 2.75) is 33.2 Å². The molecule has 25 heavy (non-hydrogen) atoms. The first kappa shape index (κ1) is 16.3. The molecule has 0 bridgehead atoms. The Kier molecular flexibility index (Phi) is 4.12. The zero-order valence-corrected chi connectivity index (χ0v) is 15.1. The van der Waals surface area contributed by atoms with Gasteiger partial charge in [-0.25, -0.2) is 4.79 Å². The molecule has 132 valence electrons. The van der Waals surface area contributed by atoms with E-state index < -0.39 is 0 Å². The fourth-order valence-electron chi connectivity index (χ4n) is 4.21. The van der Waals surface area contributed by atoms with Crippen LogP contribution in [-0.2, 0) is 6.54 Å². The van der Waals surface area contributed by atoms with Crippen molar-refractivity contribution >= 4 is 6.03 Å². The summed E-state index contributed by atoms with van der Waals surface area (Å²) in [6, 6.07) is 8.84. The molecule has 2 fully saturated rings. The lowest BCUT2D eigenvalue weighted by Gasteiger charge is -2.24. The number of rotatable bonds is 2. The van der Waals surface area contributed by atoms with Crippen LogP contribution in [0.2, 0.25) is 0 Å². The number of benzene rings is 1. The van der Waals surface area contributed by atoms with Crippen LogP contribution in [0.5, 0.6) is 0 Å². The normalized spacial score (nSPS) is 23.7. The molecular weight excluding hydrogens is 312 g/mol. The largest absolute Gasteiger partial charge is 0.344 e. The summed E-state index contributed by atoms with van der Waals surface area (Å²) in [6.07, 6.45) is 5.83. The highest BCUT2D eigenvalue weighted by atomic mass is 16.2. The minimum atomic E-state index is 0.0157. The number of carbonyl (C=O) groups excluding carboxylic acids is 1. The summed E-state index contributed by atoms with van der Waals surface area (Å²) in [5, 5.41) is 4.17. The van der Waals surface area contributed by atoms with Gasteiger partial charge in [0.2, 0.25) is 0 Å². The van der Waals surface area contributed by atoms with Crippen molar-refractivity contribution in [3.63, 3.8) is 0 Å². The summed E-state index contributed by atoms with van der Waals surface area (Å²) in [5.74, 6) is 0. The number of aryl methyl sites for hydroxylation is 2. The second kappa shape index (κ2) is 6.30. The van der Waals surface area contributed by atoms with E-state index in [2.05, 4.69) is 41.2 Å². The fourth-order valence-corrected chi connectivity index (χ4v) is 4.21. The van der Waals surface area contributed by atoms with Crippen LogP contribution in [0.4, 0.5) is 4.79 Å². The molecule has 1 amide bonds. The van der Waals surface area contributed by atoms with Gasteiger partial charge in [-0.2, -0.15) is 9.78 Å². The van der Waals surface area contributed by atoms with Crippen LogP contribution in [0.3, 0.4) is 0 Å². The fraction of sp³-hybridized carbons (Fsp3) is 0.500. The third-order valence-corrected chi connectivity index (χ3v) is 5.66. The Hall–Kier alpha value is -2.14. The van der Waals surface area contributed by atoms with Crippen molar-refractivity contribution in [3.05, 3.63) is 53.3 Å². The summed E-state index contributed by atoms with van der Waals surface area (Å²) in [4.78, 5) is 17.1. The van der Waals surface area contributed by atoms with Crippen molar-refractivity contribution in [1.29, 1.82) is 0 Å². The van der Waals surface area contributed by atoms with Gasteiger partial charge in [0, 0.05) is 37.8 Å². The van der Waals surface area contributed by atoms with E-state index in [1.807, 2.05) is 18.0 Å². The van der Waals surface area contributed by atoms with Crippen LogP contribution < -0.4 is 0 Å². The van der Waals surface area contributed by atoms with Crippen molar-refractivity contribution in [1.82, 2.24) is 19.6 Å². The smallest absolute Gasteiger partial charge is 0.322 e. The number of hydrogen-bond donors (Lipinski definition) is 0. The summed E-state index contributed by atoms with van der Waals surface area (Å²) < 4.78 is 1.48. The van der Waals surface area contributed by atoms with Gasteiger partial charge in [-0.15, -0.1) is 0 Å². The number of nitrogens with zero attached hydrogens (tertiary/aromatic N) is 4. The topological polar surface area (TPSA) is 41.4 Å². The minimum Gasteiger partial charge on any atom is -0.322 e. The lowest BCUT2D eigenvalue weighted by Crippen LogP contribution is -2.36. The van der Waals surface area contributed by atoms with Crippen molar-refractivity contribution in [3.8, 4) is 0 Å². The van der Waals surface area contributed by atoms with Crippen molar-refractivity contribution in [2.24, 2.45) is 5.41 Å². The number of likely N-dealkylation sites (tertiary alicyclic amines) is 2. The highest BCUT2D eigenvalue weighted by Gasteiger charge is 2.44. The molecule has 1 atom stereocenters. The molecule has 0 aliphatic carbocycles. The Labute approximate surface area is 149 Å². The van der Waals surface area contributed by atoms with E-state index in [9.17, 15) is 4.79 Å². The van der Waals surface area contributed by atoms with Crippen LogP contribution in [0.1, 0.15) is 29.5 Å². The van der Waals surface area contributed by atoms with Crippen LogP contribution in [0, 0.1) is 19.3 Å². The molecular formula is C20H26N4O. The molecule has 0 N–H and O–H groups in total. The predicted octanol–water partition coefficient (Wildman–Crippen LogP) is 3.07. The van der Waals surface area contributed by atoms with E-state index in [0.29, 0.717) is 0 Å². The zero-order chi connectivity index (χ0) is 17.4. The van der Waals surface area contributed by atoms with Gasteiger partial charge in [0.05, 0.1) is 6.20 Å². The van der Waals surface area contributed by atoms with E-state index in [4.69, 9.17) is 0 Å². The van der Waals surface area contributed by atoms with E-state index in [1.165, 1.54) is 22.2 Å². The molecule has 5 heteroatoms. The summed E-state index contributed by atoms with van der Waals surface area (Å²) in [7, 11) is 0. The van der Waals surface area contributed by atoms with Crippen LogP contribution in [0.15, 0.2) is 36.7 Å². The van der Waals surface area contributed by atoms with Crippen LogP contribution in [-0.4, -0.2) is 51.8 Å². The average Bonchev–Trinajstić information content (AvgIpc) is 3.31. The van der Waals surface area contributed by atoms with Gasteiger partial charge >= 0.3 is 6.03 Å². The SMILES string of the molecule is Cc1ccc(CN2CCC3(CCN(C(=O)n4cc(C)cn4)C3)C2)cc1. The molecule has 1 aromatic carbocycles. The standard InChI is InChI=1S/C20H26N4O/c1-16-3-5-18(6-4-16)13-22-9-7-20(14-22)8-10-23(15-20)19(25)24-12-17(2)11-21-24/h3-6,11-12H,7-10,13-15H2,1-2H3. The molecule has 2 aliphatic heterocycles. The molecule has 3 heterocycles. The molecule has 4 rings (SSSR count). The third kappa shape index (κ3) is 3.33. The van der Waals surface area contributed by atoms with Crippen molar-refractivity contribution < 1.29 is 4.79 Å². The molecule has 1 aromatic heterocycles. The maximum Gasteiger partial charge on any atom is 0.344 e. The number of amides is 1. The molecule has 1 unspecified atom stereocenters. The molecule has 2 aliphatic rings. The maximum absolute atomic E-state index is 12.6. The zero-order valence-electron chi connectivity index (χ0n) is 15.1. The first-order valence-corrected chi connectivity index (χ1v) is 9.12. The van der Waals surface area contributed by atoms with Crippen LogP contribution in [0.25, 0.3) is 0 Å². The van der Waals surface area contributed by atoms with E-state index in [0.717, 1.165) is 44.7 Å². The summed E-state index contributed by atoms with van der Waals surface area (Å²) in [5.41, 5.74) is 3.97. The Morgan fingerprint density at radius 2 is 1.84 bits per heavy atom.